The van der Waals surface area contributed by atoms with Crippen molar-refractivity contribution < 1.29 is 13.0 Å². The molecule has 0 aromatic heterocycles. The molecule has 0 aromatic rings. The Bertz CT molecular complexity index is 626. The average Bonchev–Trinajstić information content (AvgIpc) is 2.81. The van der Waals surface area contributed by atoms with Gasteiger partial charge in [-0.15, -0.1) is 0 Å². The molecule has 2 fully saturated rings. The fourth-order valence-corrected chi connectivity index (χ4v) is 4.06. The van der Waals surface area contributed by atoms with Crippen LogP contribution in [0.3, 0.4) is 0 Å². The summed E-state index contributed by atoms with van der Waals surface area (Å²) in [5.41, 5.74) is 0. The van der Waals surface area contributed by atoms with Crippen LogP contribution in [0.5, 0.6) is 0 Å². The van der Waals surface area contributed by atoms with Crippen LogP contribution in [-0.2, 0) is 4.74 Å². The fraction of sp³-hybridized carbons (Fsp3) is 1.00. The molecule has 3 atom stereocenters. The van der Waals surface area contributed by atoms with Gasteiger partial charge in [0, 0.05) is 15.2 Å². The second-order valence-electron chi connectivity index (χ2n) is 9.46. The van der Waals surface area contributed by atoms with Gasteiger partial charge < -0.3 is 4.74 Å². The maximum Gasteiger partial charge on any atom is 0.128 e. The first-order chi connectivity index (χ1) is 17.0. The van der Waals surface area contributed by atoms with E-state index in [0.29, 0.717) is 11.7 Å². The summed E-state index contributed by atoms with van der Waals surface area (Å²) in [6.07, 6.45) is 13.2. The highest BCUT2D eigenvalue weighted by molar-refractivity contribution is 4.83. The predicted octanol–water partition coefficient (Wildman–Crippen LogP) is 6.55. The number of rotatable bonds is 18. The van der Waals surface area contributed by atoms with Crippen molar-refractivity contribution in [2.45, 2.75) is 153 Å². The summed E-state index contributed by atoms with van der Waals surface area (Å²) in [5, 5.41) is 1.41. The molecule has 0 spiro atoms. The van der Waals surface area contributed by atoms with Gasteiger partial charge in [0.05, 0.1) is 8.85 Å². The molecule has 0 aromatic carbocycles. The molecule has 1 aliphatic heterocycles. The van der Waals surface area contributed by atoms with Crippen molar-refractivity contribution in [3.05, 3.63) is 0 Å². The van der Waals surface area contributed by atoms with Gasteiger partial charge in [-0.2, -0.15) is 0 Å². The minimum atomic E-state index is -2.34. The normalized spacial score (nSPS) is 35.8. The second-order valence-corrected chi connectivity index (χ2v) is 9.46. The van der Waals surface area contributed by atoms with E-state index in [-0.39, 0.29) is 6.10 Å². The maximum absolute atomic E-state index is 8.93. The zero-order chi connectivity index (χ0) is 26.8. The van der Waals surface area contributed by atoms with Crippen LogP contribution in [0.4, 0.5) is 0 Å². The molecule has 178 valence electrons. The Morgan fingerprint density at radius 2 is 1.40 bits per heavy atom. The van der Waals surface area contributed by atoms with Crippen LogP contribution in [0, 0.1) is 0 Å². The SMILES string of the molecule is [2H]N1C(CCCCCCCCCCCCCCCC)C([2H])([2H])C([2H])(OC2CCC2)N([2H])C1([2H])N(C)C. The summed E-state index contributed by atoms with van der Waals surface area (Å²) >= 11 is 0. The Hall–Kier alpha value is -0.160. The number of unbranched alkanes of at least 4 members (excludes halogenated alkanes) is 13. The summed E-state index contributed by atoms with van der Waals surface area (Å²) in [5.74, 6) is 0. The van der Waals surface area contributed by atoms with Gasteiger partial charge in [0.15, 0.2) is 0 Å². The van der Waals surface area contributed by atoms with E-state index in [1.54, 1.807) is 14.1 Å². The first kappa shape index (κ1) is 18.3. The maximum atomic E-state index is 8.93. The smallest absolute Gasteiger partial charge is 0.128 e. The number of ether oxygens (including phenoxy) is 1. The Kier molecular flexibility index (Phi) is 10.0. The lowest BCUT2D eigenvalue weighted by molar-refractivity contribution is -0.102. The van der Waals surface area contributed by atoms with Crippen LogP contribution < -0.4 is 10.6 Å². The van der Waals surface area contributed by atoms with Crippen LogP contribution >= 0.6 is 0 Å². The largest absolute Gasteiger partial charge is 0.360 e. The Morgan fingerprint density at radius 3 is 1.87 bits per heavy atom. The molecule has 30 heavy (non-hydrogen) atoms. The first-order valence-corrected chi connectivity index (χ1v) is 13.0. The molecule has 0 bridgehead atoms. The van der Waals surface area contributed by atoms with Crippen molar-refractivity contribution >= 4 is 0 Å². The molecule has 3 unspecified atom stereocenters. The van der Waals surface area contributed by atoms with E-state index >= 15 is 0 Å². The highest BCUT2D eigenvalue weighted by atomic mass is 16.5. The lowest BCUT2D eigenvalue weighted by atomic mass is 9.95. The van der Waals surface area contributed by atoms with Gasteiger partial charge >= 0.3 is 0 Å². The van der Waals surface area contributed by atoms with Gasteiger partial charge in [0.25, 0.3) is 0 Å². The highest BCUT2D eigenvalue weighted by Crippen LogP contribution is 2.25. The van der Waals surface area contributed by atoms with Crippen molar-refractivity contribution in [2.75, 3.05) is 14.1 Å². The van der Waals surface area contributed by atoms with E-state index in [4.69, 9.17) is 13.0 Å². The van der Waals surface area contributed by atoms with E-state index in [1.165, 1.54) is 75.5 Å². The van der Waals surface area contributed by atoms with Crippen LogP contribution in [0.2, 0.25) is 2.82 Å². The summed E-state index contributed by atoms with van der Waals surface area (Å²) in [6.45, 7) is 2.25. The first-order valence-electron chi connectivity index (χ1n) is 15.9. The molecular formula is C26H53N3O. The van der Waals surface area contributed by atoms with Crippen molar-refractivity contribution in [3.8, 4) is 0 Å². The molecule has 0 radical (unpaired) electrons. The molecular weight excluding hydrogens is 370 g/mol. The van der Waals surface area contributed by atoms with Crippen LogP contribution in [0.15, 0.2) is 0 Å². The van der Waals surface area contributed by atoms with Gasteiger partial charge in [-0.1, -0.05) is 96.8 Å². The standard InChI is InChI=1S/C26H53N3O/c1-4-5-6-7-8-9-10-11-12-13-14-15-16-17-19-23-22-25(30-24-20-18-21-24)28-26(27-23)29(2)3/h23-28H,4-22H2,1-3H3/i22D2,25D,26D/hD2. The van der Waals surface area contributed by atoms with Crippen LogP contribution in [0.1, 0.15) is 134 Å². The van der Waals surface area contributed by atoms with Gasteiger partial charge in [0.2, 0.25) is 0 Å². The number of nitrogens with zero attached hydrogens (tertiary/aromatic N) is 1. The minimum absolute atomic E-state index is 0.268. The molecule has 1 saturated heterocycles. The molecule has 2 rings (SSSR count). The third-order valence-electron chi connectivity index (χ3n) is 6.32. The Balaban J connectivity index is 1.78. The van der Waals surface area contributed by atoms with Gasteiger partial charge in [0.1, 0.15) is 15.3 Å². The second kappa shape index (κ2) is 16.5. The lowest BCUT2D eigenvalue weighted by Gasteiger charge is -2.42. The number of hydrogen-bond donors (Lipinski definition) is 2. The highest BCUT2D eigenvalue weighted by Gasteiger charge is 2.31. The van der Waals surface area contributed by atoms with Crippen molar-refractivity contribution in [3.63, 3.8) is 0 Å². The topological polar surface area (TPSA) is 36.5 Å². The molecule has 2 aliphatic rings. The van der Waals surface area contributed by atoms with Crippen LogP contribution in [-0.4, -0.2) is 43.6 Å². The van der Waals surface area contributed by atoms with E-state index in [1.807, 2.05) is 0 Å². The summed E-state index contributed by atoms with van der Waals surface area (Å²) < 4.78 is 58.5. The Labute approximate surface area is 196 Å². The zero-order valence-electron chi connectivity index (χ0n) is 26.1. The summed E-state index contributed by atoms with van der Waals surface area (Å²) in [4.78, 5) is 1.38. The van der Waals surface area contributed by atoms with Crippen molar-refractivity contribution in [2.24, 2.45) is 0 Å². The van der Waals surface area contributed by atoms with Crippen molar-refractivity contribution in [1.29, 1.82) is 0 Å². The third kappa shape index (κ3) is 11.5. The van der Waals surface area contributed by atoms with Gasteiger partial charge in [-0.05, 0) is 39.8 Å². The average molecular weight is 430 g/mol. The number of hydrogen-bond acceptors (Lipinski definition) is 4. The lowest BCUT2D eigenvalue weighted by Crippen LogP contribution is -2.64. The summed E-state index contributed by atoms with van der Waals surface area (Å²) in [6, 6.07) is -1.01. The molecule has 4 heteroatoms. The molecule has 1 heterocycles. The molecule has 1 aliphatic carbocycles. The molecule has 4 nitrogen and oxygen atoms in total. The third-order valence-corrected chi connectivity index (χ3v) is 6.32. The molecule has 2 N–H and O–H groups in total. The molecule has 0 amide bonds. The van der Waals surface area contributed by atoms with Gasteiger partial charge in [-0.25, -0.2) is 0 Å². The van der Waals surface area contributed by atoms with Crippen LogP contribution in [0.25, 0.3) is 0 Å². The quantitative estimate of drug-likeness (QED) is 0.242. The molecule has 1 saturated carbocycles. The predicted molar refractivity (Wildman–Crippen MR) is 130 cm³/mol. The summed E-state index contributed by atoms with van der Waals surface area (Å²) in [7, 11) is 3.18. The zero-order valence-corrected chi connectivity index (χ0v) is 20.1. The minimum Gasteiger partial charge on any atom is -0.360 e. The Morgan fingerprint density at radius 1 is 0.867 bits per heavy atom. The monoisotopic (exact) mass is 429 g/mol. The van der Waals surface area contributed by atoms with Gasteiger partial charge in [-0.3, -0.25) is 15.5 Å². The fourth-order valence-electron chi connectivity index (χ4n) is 4.06. The van der Waals surface area contributed by atoms with E-state index in [0.717, 1.165) is 43.8 Å². The van der Waals surface area contributed by atoms with E-state index in [2.05, 4.69) is 6.92 Å². The van der Waals surface area contributed by atoms with E-state index in [9.17, 15) is 0 Å². The number of nitrogens with one attached hydrogen (secondary N) is 2. The van der Waals surface area contributed by atoms with Crippen molar-refractivity contribution in [1.82, 2.24) is 15.5 Å². The van der Waals surface area contributed by atoms with E-state index < -0.39 is 24.9 Å².